The van der Waals surface area contributed by atoms with Crippen LogP contribution in [0.15, 0.2) is 18.2 Å². The first kappa shape index (κ1) is 13.3. The molecule has 1 unspecified atom stereocenters. The van der Waals surface area contributed by atoms with Crippen LogP contribution in [0.4, 0.5) is 0 Å². The van der Waals surface area contributed by atoms with E-state index in [0.29, 0.717) is 12.2 Å². The monoisotopic (exact) mass is 239 g/mol. The Balaban J connectivity index is 2.75. The lowest BCUT2D eigenvalue weighted by molar-refractivity contribution is 0.0931. The van der Waals surface area contributed by atoms with Crippen molar-refractivity contribution in [1.29, 1.82) is 0 Å². The number of carbonyl (C=O) groups is 1. The number of hydrogen-bond donors (Lipinski definition) is 3. The smallest absolute Gasteiger partial charge is 0.255 e. The van der Waals surface area contributed by atoms with Crippen LogP contribution in [0.1, 0.15) is 23.7 Å². The quantitative estimate of drug-likeness (QED) is 0.713. The van der Waals surface area contributed by atoms with Crippen molar-refractivity contribution >= 4 is 5.91 Å². The first-order chi connectivity index (χ1) is 8.08. The van der Waals surface area contributed by atoms with Crippen molar-refractivity contribution in [3.63, 3.8) is 0 Å². The highest BCUT2D eigenvalue weighted by Crippen LogP contribution is 2.23. The first-order valence-corrected chi connectivity index (χ1v) is 5.37. The largest absolute Gasteiger partial charge is 0.507 e. The normalized spacial score (nSPS) is 11.9. The van der Waals surface area contributed by atoms with Gasteiger partial charge in [-0.3, -0.25) is 4.79 Å². The number of aliphatic hydroxyl groups is 1. The molecule has 17 heavy (non-hydrogen) atoms. The third-order valence-corrected chi connectivity index (χ3v) is 2.39. The van der Waals surface area contributed by atoms with E-state index in [9.17, 15) is 9.90 Å². The van der Waals surface area contributed by atoms with Gasteiger partial charge in [-0.1, -0.05) is 0 Å². The summed E-state index contributed by atoms with van der Waals surface area (Å²) in [6, 6.07) is 4.33. The van der Waals surface area contributed by atoms with Crippen LogP contribution in [0, 0.1) is 0 Å². The van der Waals surface area contributed by atoms with E-state index in [0.717, 1.165) is 0 Å². The molecule has 0 spiro atoms. The minimum Gasteiger partial charge on any atom is -0.507 e. The minimum atomic E-state index is -0.369. The maximum Gasteiger partial charge on any atom is 0.255 e. The van der Waals surface area contributed by atoms with Crippen LogP contribution in [0.3, 0.4) is 0 Å². The van der Waals surface area contributed by atoms with Crippen LogP contribution < -0.4 is 10.1 Å². The molecule has 1 aromatic rings. The van der Waals surface area contributed by atoms with Crippen molar-refractivity contribution in [3.8, 4) is 11.5 Å². The first-order valence-electron chi connectivity index (χ1n) is 5.37. The summed E-state index contributed by atoms with van der Waals surface area (Å²) in [6.45, 7) is 1.80. The molecule has 0 radical (unpaired) electrons. The van der Waals surface area contributed by atoms with Gasteiger partial charge >= 0.3 is 0 Å². The van der Waals surface area contributed by atoms with Crippen LogP contribution in [0.2, 0.25) is 0 Å². The highest BCUT2D eigenvalue weighted by molar-refractivity contribution is 5.97. The van der Waals surface area contributed by atoms with Gasteiger partial charge in [0.15, 0.2) is 0 Å². The van der Waals surface area contributed by atoms with Crippen molar-refractivity contribution < 1.29 is 19.7 Å². The molecule has 5 nitrogen and oxygen atoms in total. The molecule has 94 valence electrons. The molecule has 5 heteroatoms. The summed E-state index contributed by atoms with van der Waals surface area (Å²) in [5.74, 6) is -0.00777. The van der Waals surface area contributed by atoms with Gasteiger partial charge in [-0.05, 0) is 25.5 Å². The fourth-order valence-electron chi connectivity index (χ4n) is 1.40. The number of amides is 1. The van der Waals surface area contributed by atoms with Gasteiger partial charge in [-0.25, -0.2) is 0 Å². The predicted octanol–water partition coefficient (Wildman–Crippen LogP) is 0.901. The molecule has 0 bridgehead atoms. The summed E-state index contributed by atoms with van der Waals surface area (Å²) in [5, 5.41) is 21.0. The Bertz CT molecular complexity index is 392. The molecule has 1 amide bonds. The Morgan fingerprint density at radius 3 is 2.76 bits per heavy atom. The summed E-state index contributed by atoms with van der Waals surface area (Å²) >= 11 is 0. The number of aromatic hydroxyl groups is 1. The molecule has 0 aliphatic carbocycles. The second-order valence-corrected chi connectivity index (χ2v) is 3.77. The topological polar surface area (TPSA) is 78.8 Å². The van der Waals surface area contributed by atoms with Crippen LogP contribution in [0.5, 0.6) is 11.5 Å². The molecule has 1 aromatic carbocycles. The Hall–Kier alpha value is -1.75. The SMILES string of the molecule is COc1ccc(C(=O)NC(C)CCO)c(O)c1. The lowest BCUT2D eigenvalue weighted by Crippen LogP contribution is -2.33. The van der Waals surface area contributed by atoms with E-state index in [4.69, 9.17) is 9.84 Å². The number of aliphatic hydroxyl groups excluding tert-OH is 1. The van der Waals surface area contributed by atoms with E-state index in [-0.39, 0.29) is 29.9 Å². The molecule has 0 saturated carbocycles. The van der Waals surface area contributed by atoms with E-state index in [1.165, 1.54) is 19.2 Å². The van der Waals surface area contributed by atoms with Gasteiger partial charge in [-0.15, -0.1) is 0 Å². The molecule has 0 aromatic heterocycles. The molecule has 0 saturated heterocycles. The summed E-state index contributed by atoms with van der Waals surface area (Å²) < 4.78 is 4.92. The van der Waals surface area contributed by atoms with Crippen LogP contribution in [0.25, 0.3) is 0 Å². The van der Waals surface area contributed by atoms with E-state index in [2.05, 4.69) is 5.32 Å². The zero-order valence-corrected chi connectivity index (χ0v) is 9.93. The zero-order valence-electron chi connectivity index (χ0n) is 9.93. The molecule has 0 aliphatic heterocycles. The van der Waals surface area contributed by atoms with Crippen molar-refractivity contribution in [2.75, 3.05) is 13.7 Å². The van der Waals surface area contributed by atoms with Crippen LogP contribution in [-0.2, 0) is 0 Å². The molecular weight excluding hydrogens is 222 g/mol. The average molecular weight is 239 g/mol. The highest BCUT2D eigenvalue weighted by atomic mass is 16.5. The van der Waals surface area contributed by atoms with Gasteiger partial charge < -0.3 is 20.3 Å². The Labute approximate surface area is 100 Å². The number of methoxy groups -OCH3 is 1. The number of carbonyl (C=O) groups excluding carboxylic acids is 1. The number of ether oxygens (including phenoxy) is 1. The van der Waals surface area contributed by atoms with Crippen molar-refractivity contribution in [2.24, 2.45) is 0 Å². The Morgan fingerprint density at radius 1 is 1.53 bits per heavy atom. The highest BCUT2D eigenvalue weighted by Gasteiger charge is 2.13. The fraction of sp³-hybridized carbons (Fsp3) is 0.417. The van der Waals surface area contributed by atoms with Gasteiger partial charge in [0, 0.05) is 18.7 Å². The lowest BCUT2D eigenvalue weighted by atomic mass is 10.1. The molecular formula is C12H17NO4. The van der Waals surface area contributed by atoms with Gasteiger partial charge in [0.25, 0.3) is 5.91 Å². The molecule has 1 rings (SSSR count). The third kappa shape index (κ3) is 3.64. The van der Waals surface area contributed by atoms with Crippen molar-refractivity contribution in [3.05, 3.63) is 23.8 Å². The van der Waals surface area contributed by atoms with Crippen molar-refractivity contribution in [2.45, 2.75) is 19.4 Å². The average Bonchev–Trinajstić information content (AvgIpc) is 2.28. The van der Waals surface area contributed by atoms with Crippen LogP contribution >= 0.6 is 0 Å². The van der Waals surface area contributed by atoms with E-state index >= 15 is 0 Å². The predicted molar refractivity (Wildman–Crippen MR) is 63.3 cm³/mol. The molecule has 0 heterocycles. The van der Waals surface area contributed by atoms with Gasteiger partial charge in [-0.2, -0.15) is 0 Å². The lowest BCUT2D eigenvalue weighted by Gasteiger charge is -2.13. The summed E-state index contributed by atoms with van der Waals surface area (Å²) in [4.78, 5) is 11.8. The number of phenolic OH excluding ortho intramolecular Hbond substituents is 1. The van der Waals surface area contributed by atoms with Gasteiger partial charge in [0.1, 0.15) is 11.5 Å². The number of hydrogen-bond acceptors (Lipinski definition) is 4. The Kier molecular flexibility index (Phi) is 4.78. The maximum absolute atomic E-state index is 11.8. The maximum atomic E-state index is 11.8. The van der Waals surface area contributed by atoms with E-state index in [1.54, 1.807) is 13.0 Å². The molecule has 3 N–H and O–H groups in total. The fourth-order valence-corrected chi connectivity index (χ4v) is 1.40. The molecule has 0 fully saturated rings. The number of phenols is 1. The third-order valence-electron chi connectivity index (χ3n) is 2.39. The second-order valence-electron chi connectivity index (χ2n) is 3.77. The second kappa shape index (κ2) is 6.10. The van der Waals surface area contributed by atoms with E-state index in [1.807, 2.05) is 0 Å². The van der Waals surface area contributed by atoms with Gasteiger partial charge in [0.05, 0.1) is 12.7 Å². The minimum absolute atomic E-state index is 0.00996. The number of rotatable bonds is 5. The van der Waals surface area contributed by atoms with E-state index < -0.39 is 0 Å². The van der Waals surface area contributed by atoms with Crippen LogP contribution in [-0.4, -0.2) is 35.9 Å². The number of benzene rings is 1. The number of nitrogens with one attached hydrogen (secondary N) is 1. The standard InChI is InChI=1S/C12H17NO4/c1-8(5-6-14)13-12(16)10-4-3-9(17-2)7-11(10)15/h3-4,7-8,14-15H,5-6H2,1-2H3,(H,13,16). The summed E-state index contributed by atoms with van der Waals surface area (Å²) in [6.07, 6.45) is 0.475. The van der Waals surface area contributed by atoms with Gasteiger partial charge in [0.2, 0.25) is 0 Å². The molecule has 0 aliphatic rings. The Morgan fingerprint density at radius 2 is 2.24 bits per heavy atom. The zero-order chi connectivity index (χ0) is 12.8. The van der Waals surface area contributed by atoms with Crippen molar-refractivity contribution in [1.82, 2.24) is 5.32 Å². The summed E-state index contributed by atoms with van der Waals surface area (Å²) in [7, 11) is 1.48. The summed E-state index contributed by atoms with van der Waals surface area (Å²) in [5.41, 5.74) is 0.190. The molecule has 1 atom stereocenters.